The van der Waals surface area contributed by atoms with Crippen molar-refractivity contribution in [3.8, 4) is 0 Å². The molecule has 124 valence electrons. The van der Waals surface area contributed by atoms with Crippen LogP contribution in [0.25, 0.3) is 0 Å². The van der Waals surface area contributed by atoms with Crippen LogP contribution in [0.4, 0.5) is 0 Å². The smallest absolute Gasteiger partial charge is 0.307 e. The van der Waals surface area contributed by atoms with Gasteiger partial charge in [-0.05, 0) is 32.5 Å². The summed E-state index contributed by atoms with van der Waals surface area (Å²) >= 11 is 0. The van der Waals surface area contributed by atoms with Crippen LogP contribution in [0.2, 0.25) is 0 Å². The van der Waals surface area contributed by atoms with E-state index in [2.05, 4.69) is 23.5 Å². The third-order valence-corrected chi connectivity index (χ3v) is 3.48. The van der Waals surface area contributed by atoms with Crippen molar-refractivity contribution in [3.05, 3.63) is 0 Å². The predicted octanol–water partition coefficient (Wildman–Crippen LogP) is 1.15. The molecule has 0 saturated carbocycles. The summed E-state index contributed by atoms with van der Waals surface area (Å²) in [7, 11) is 2.85. The van der Waals surface area contributed by atoms with Crippen molar-refractivity contribution in [2.75, 3.05) is 53.6 Å². The van der Waals surface area contributed by atoms with Crippen molar-refractivity contribution >= 4 is 11.9 Å². The fourth-order valence-corrected chi connectivity index (χ4v) is 2.08. The molecule has 0 aliphatic rings. The zero-order valence-electron chi connectivity index (χ0n) is 13.9. The maximum Gasteiger partial charge on any atom is 0.307 e. The highest BCUT2D eigenvalue weighted by Gasteiger charge is 2.14. The summed E-state index contributed by atoms with van der Waals surface area (Å²) in [5, 5.41) is 0. The third kappa shape index (κ3) is 9.42. The van der Waals surface area contributed by atoms with Crippen LogP contribution in [0, 0.1) is 0 Å². The van der Waals surface area contributed by atoms with Gasteiger partial charge in [-0.25, -0.2) is 0 Å². The minimum atomic E-state index is -0.298. The van der Waals surface area contributed by atoms with E-state index in [0.29, 0.717) is 13.1 Å². The van der Waals surface area contributed by atoms with Crippen LogP contribution in [0.15, 0.2) is 0 Å². The minimum Gasteiger partial charge on any atom is -0.469 e. The average Bonchev–Trinajstić information content (AvgIpc) is 2.50. The van der Waals surface area contributed by atoms with Crippen molar-refractivity contribution in [2.24, 2.45) is 0 Å². The Morgan fingerprint density at radius 2 is 1.57 bits per heavy atom. The van der Waals surface area contributed by atoms with Gasteiger partial charge in [0.2, 0.25) is 5.91 Å². The van der Waals surface area contributed by atoms with Gasteiger partial charge in [0.05, 0.1) is 13.5 Å². The molecule has 0 fully saturated rings. The largest absolute Gasteiger partial charge is 0.469 e. The number of rotatable bonds is 12. The van der Waals surface area contributed by atoms with Crippen LogP contribution >= 0.6 is 0 Å². The van der Waals surface area contributed by atoms with Crippen molar-refractivity contribution < 1.29 is 19.1 Å². The molecule has 0 atom stereocenters. The van der Waals surface area contributed by atoms with Crippen molar-refractivity contribution in [3.63, 3.8) is 0 Å². The standard InChI is InChI=1S/C15H30N2O4/c1-5-16(6-2)10-7-8-11-17(14(18)13-20-3)12-9-15(19)21-4/h5-13H2,1-4H3. The first-order valence-corrected chi connectivity index (χ1v) is 7.64. The van der Waals surface area contributed by atoms with Crippen LogP contribution in [0.3, 0.4) is 0 Å². The number of hydrogen-bond donors (Lipinski definition) is 0. The second-order valence-electron chi connectivity index (χ2n) is 4.87. The summed E-state index contributed by atoms with van der Waals surface area (Å²) in [5.41, 5.74) is 0. The molecule has 0 N–H and O–H groups in total. The molecule has 21 heavy (non-hydrogen) atoms. The molecule has 0 aromatic rings. The van der Waals surface area contributed by atoms with E-state index < -0.39 is 0 Å². The fourth-order valence-electron chi connectivity index (χ4n) is 2.08. The van der Waals surface area contributed by atoms with Gasteiger partial charge in [-0.1, -0.05) is 13.8 Å². The first-order valence-electron chi connectivity index (χ1n) is 7.64. The fraction of sp³-hybridized carbons (Fsp3) is 0.867. The van der Waals surface area contributed by atoms with E-state index in [9.17, 15) is 9.59 Å². The van der Waals surface area contributed by atoms with Gasteiger partial charge >= 0.3 is 5.97 Å². The Balaban J connectivity index is 4.14. The normalized spacial score (nSPS) is 10.7. The summed E-state index contributed by atoms with van der Waals surface area (Å²) in [6.45, 7) is 8.52. The number of carbonyl (C=O) groups excluding carboxylic acids is 2. The van der Waals surface area contributed by atoms with E-state index in [-0.39, 0.29) is 24.9 Å². The summed E-state index contributed by atoms with van der Waals surface area (Å²) in [5.74, 6) is -0.377. The van der Waals surface area contributed by atoms with Gasteiger partial charge in [-0.3, -0.25) is 9.59 Å². The number of nitrogens with zero attached hydrogens (tertiary/aromatic N) is 2. The van der Waals surface area contributed by atoms with Gasteiger partial charge < -0.3 is 19.3 Å². The van der Waals surface area contributed by atoms with Crippen LogP contribution in [-0.2, 0) is 19.1 Å². The van der Waals surface area contributed by atoms with E-state index in [4.69, 9.17) is 4.74 Å². The number of hydrogen-bond acceptors (Lipinski definition) is 5. The van der Waals surface area contributed by atoms with E-state index >= 15 is 0 Å². The molecule has 6 heteroatoms. The molecule has 0 saturated heterocycles. The van der Waals surface area contributed by atoms with Gasteiger partial charge in [0.15, 0.2) is 0 Å². The topological polar surface area (TPSA) is 59.1 Å². The Kier molecular flexibility index (Phi) is 11.9. The molecular formula is C15H30N2O4. The van der Waals surface area contributed by atoms with Crippen LogP contribution in [0.1, 0.15) is 33.1 Å². The van der Waals surface area contributed by atoms with Crippen LogP contribution in [-0.4, -0.2) is 75.2 Å². The quantitative estimate of drug-likeness (QED) is 0.400. The maximum absolute atomic E-state index is 11.9. The Hall–Kier alpha value is -1.14. The molecule has 1 amide bonds. The first-order chi connectivity index (χ1) is 10.1. The molecule has 0 aromatic carbocycles. The highest BCUT2D eigenvalue weighted by atomic mass is 16.5. The SMILES string of the molecule is CCN(CC)CCCCN(CCC(=O)OC)C(=O)COC. The lowest BCUT2D eigenvalue weighted by atomic mass is 10.2. The Bertz CT molecular complexity index is 293. The van der Waals surface area contributed by atoms with E-state index in [1.807, 2.05) is 0 Å². The molecule has 0 aliphatic heterocycles. The molecule has 0 rings (SSSR count). The van der Waals surface area contributed by atoms with Gasteiger partial charge in [-0.15, -0.1) is 0 Å². The van der Waals surface area contributed by atoms with Crippen molar-refractivity contribution in [1.82, 2.24) is 9.80 Å². The zero-order chi connectivity index (χ0) is 16.1. The molecule has 0 heterocycles. The molecule has 0 spiro atoms. The Morgan fingerprint density at radius 3 is 2.10 bits per heavy atom. The van der Waals surface area contributed by atoms with Gasteiger partial charge in [0.25, 0.3) is 0 Å². The van der Waals surface area contributed by atoms with E-state index in [1.54, 1.807) is 4.90 Å². The molecular weight excluding hydrogens is 272 g/mol. The maximum atomic E-state index is 11.9. The molecule has 0 radical (unpaired) electrons. The monoisotopic (exact) mass is 302 g/mol. The van der Waals surface area contributed by atoms with Crippen LogP contribution in [0.5, 0.6) is 0 Å². The number of esters is 1. The Labute approximate surface area is 128 Å². The number of ether oxygens (including phenoxy) is 2. The lowest BCUT2D eigenvalue weighted by molar-refractivity contribution is -0.142. The number of unbranched alkanes of at least 4 members (excludes halogenated alkanes) is 1. The zero-order valence-corrected chi connectivity index (χ0v) is 13.9. The summed E-state index contributed by atoms with van der Waals surface area (Å²) < 4.78 is 9.49. The van der Waals surface area contributed by atoms with Gasteiger partial charge in [0, 0.05) is 20.2 Å². The number of amides is 1. The van der Waals surface area contributed by atoms with Crippen molar-refractivity contribution in [2.45, 2.75) is 33.1 Å². The van der Waals surface area contributed by atoms with E-state index in [1.165, 1.54) is 14.2 Å². The first kappa shape index (κ1) is 19.9. The molecule has 6 nitrogen and oxygen atoms in total. The minimum absolute atomic E-state index is 0.0528. The Morgan fingerprint density at radius 1 is 0.952 bits per heavy atom. The highest BCUT2D eigenvalue weighted by molar-refractivity contribution is 5.78. The van der Waals surface area contributed by atoms with Gasteiger partial charge in [0.1, 0.15) is 6.61 Å². The highest BCUT2D eigenvalue weighted by Crippen LogP contribution is 2.01. The number of methoxy groups -OCH3 is 2. The van der Waals surface area contributed by atoms with E-state index in [0.717, 1.165) is 32.5 Å². The summed E-state index contributed by atoms with van der Waals surface area (Å²) in [4.78, 5) is 27.2. The lowest BCUT2D eigenvalue weighted by Crippen LogP contribution is -2.36. The predicted molar refractivity (Wildman–Crippen MR) is 82.1 cm³/mol. The lowest BCUT2D eigenvalue weighted by Gasteiger charge is -2.23. The summed E-state index contributed by atoms with van der Waals surface area (Å²) in [6, 6.07) is 0. The summed E-state index contributed by atoms with van der Waals surface area (Å²) in [6.07, 6.45) is 2.19. The molecule has 0 unspecified atom stereocenters. The average molecular weight is 302 g/mol. The third-order valence-electron chi connectivity index (χ3n) is 3.48. The second kappa shape index (κ2) is 12.6. The van der Waals surface area contributed by atoms with Crippen molar-refractivity contribution in [1.29, 1.82) is 0 Å². The molecule has 0 aromatic heterocycles. The molecule has 0 aliphatic carbocycles. The second-order valence-corrected chi connectivity index (χ2v) is 4.87. The number of carbonyl (C=O) groups is 2. The van der Waals surface area contributed by atoms with Gasteiger partial charge in [-0.2, -0.15) is 0 Å². The van der Waals surface area contributed by atoms with Crippen LogP contribution < -0.4 is 0 Å². The molecule has 0 bridgehead atoms.